The summed E-state index contributed by atoms with van der Waals surface area (Å²) in [5, 5.41) is 34.8. The van der Waals surface area contributed by atoms with Crippen LogP contribution in [0.5, 0.6) is 0 Å². The van der Waals surface area contributed by atoms with Gasteiger partial charge < -0.3 is 15.7 Å². The first kappa shape index (κ1) is 27.6. The number of anilines is 2. The number of allylic oxidation sites excluding steroid dienone is 3. The molecule has 3 N–H and O–H groups in total. The zero-order chi connectivity index (χ0) is 26.9. The Labute approximate surface area is 228 Å². The summed E-state index contributed by atoms with van der Waals surface area (Å²) in [6, 6.07) is 13.7. The highest BCUT2D eigenvalue weighted by Gasteiger charge is 2.20. The summed E-state index contributed by atoms with van der Waals surface area (Å²) >= 11 is 1.43. The second-order valence-electron chi connectivity index (χ2n) is 9.90. The number of unbranched alkanes of at least 4 members (excludes halogenated alkanes) is 1. The Morgan fingerprint density at radius 1 is 1.05 bits per heavy atom. The smallest absolute Gasteiger partial charge is 0.233 e. The van der Waals surface area contributed by atoms with Crippen LogP contribution in [-0.4, -0.2) is 37.6 Å². The van der Waals surface area contributed by atoms with E-state index in [9.17, 15) is 9.90 Å². The molecule has 0 saturated carbocycles. The molecule has 1 aliphatic rings. The third-order valence-electron chi connectivity index (χ3n) is 6.77. The van der Waals surface area contributed by atoms with Crippen LogP contribution in [0.2, 0.25) is 0 Å². The molecule has 0 fully saturated rings. The van der Waals surface area contributed by atoms with Crippen LogP contribution in [0.4, 0.5) is 10.9 Å². The van der Waals surface area contributed by atoms with E-state index < -0.39 is 6.23 Å². The van der Waals surface area contributed by atoms with Crippen LogP contribution in [0.1, 0.15) is 62.2 Å². The molecule has 1 aliphatic carbocycles. The van der Waals surface area contributed by atoms with Gasteiger partial charge in [0.2, 0.25) is 11.0 Å². The highest BCUT2D eigenvalue weighted by atomic mass is 32.1. The highest BCUT2D eigenvalue weighted by Crippen LogP contribution is 2.25. The fourth-order valence-electron chi connectivity index (χ4n) is 4.30. The first-order valence-corrected chi connectivity index (χ1v) is 14.0. The number of aliphatic hydroxyl groups is 1. The van der Waals surface area contributed by atoms with Gasteiger partial charge in [-0.3, -0.25) is 4.79 Å². The van der Waals surface area contributed by atoms with Gasteiger partial charge in [0.1, 0.15) is 11.2 Å². The second kappa shape index (κ2) is 13.4. The molecule has 0 saturated heterocycles. The Hall–Kier alpha value is -3.43. The first-order valence-electron chi connectivity index (χ1n) is 13.2. The van der Waals surface area contributed by atoms with Gasteiger partial charge in [-0.25, -0.2) is 0 Å². The molecule has 0 aliphatic heterocycles. The van der Waals surface area contributed by atoms with Crippen LogP contribution in [-0.2, 0) is 17.6 Å². The molecule has 4 rings (SSSR count). The Morgan fingerprint density at radius 2 is 1.84 bits per heavy atom. The van der Waals surface area contributed by atoms with Gasteiger partial charge in [-0.15, -0.1) is 15.3 Å². The maximum Gasteiger partial charge on any atom is 0.233 e. The lowest BCUT2D eigenvalue weighted by atomic mass is 9.90. The molecule has 0 bridgehead atoms. The molecular weight excluding hydrogens is 496 g/mol. The lowest BCUT2D eigenvalue weighted by Gasteiger charge is -2.20. The molecule has 4 atom stereocenters. The van der Waals surface area contributed by atoms with Crippen molar-refractivity contribution in [2.24, 2.45) is 11.8 Å². The van der Waals surface area contributed by atoms with E-state index in [0.29, 0.717) is 16.9 Å². The molecule has 1 amide bonds. The lowest BCUT2D eigenvalue weighted by molar-refractivity contribution is -0.118. The minimum atomic E-state index is -0.757. The zero-order valence-corrected chi connectivity index (χ0v) is 23.0. The maximum absolute atomic E-state index is 12.6. The summed E-state index contributed by atoms with van der Waals surface area (Å²) in [5.74, 6) is 0.647. The van der Waals surface area contributed by atoms with Crippen molar-refractivity contribution in [2.45, 2.75) is 65.0 Å². The number of aryl methyl sites for hydroxylation is 2. The molecule has 0 spiro atoms. The number of aliphatic hydroxyl groups excluding tert-OH is 1. The minimum Gasteiger partial charge on any atom is -0.373 e. The molecule has 9 heteroatoms. The van der Waals surface area contributed by atoms with Crippen molar-refractivity contribution in [3.05, 3.63) is 82.5 Å². The number of rotatable bonds is 12. The van der Waals surface area contributed by atoms with E-state index in [1.807, 2.05) is 62.4 Å². The zero-order valence-electron chi connectivity index (χ0n) is 22.2. The summed E-state index contributed by atoms with van der Waals surface area (Å²) in [6.07, 6.45) is 10.1. The van der Waals surface area contributed by atoms with Crippen LogP contribution in [0.25, 0.3) is 0 Å². The van der Waals surface area contributed by atoms with E-state index in [1.165, 1.54) is 11.3 Å². The highest BCUT2D eigenvalue weighted by molar-refractivity contribution is 7.15. The van der Waals surface area contributed by atoms with Crippen LogP contribution < -0.4 is 10.6 Å². The molecule has 8 nitrogen and oxygen atoms in total. The number of hydrogen-bond donors (Lipinski definition) is 3. The topological polar surface area (TPSA) is 113 Å². The van der Waals surface area contributed by atoms with Crippen LogP contribution in [0, 0.1) is 11.8 Å². The number of carbonyl (C=O) groups is 1. The van der Waals surface area contributed by atoms with Crippen molar-refractivity contribution < 1.29 is 9.90 Å². The number of hydrogen-bond acceptors (Lipinski definition) is 8. The third kappa shape index (κ3) is 7.79. The molecule has 1 aromatic carbocycles. The monoisotopic (exact) mass is 532 g/mol. The van der Waals surface area contributed by atoms with E-state index in [0.717, 1.165) is 53.9 Å². The van der Waals surface area contributed by atoms with Crippen molar-refractivity contribution in [1.29, 1.82) is 0 Å². The standard InChI is InChI=1S/C29H36N6O2S/c1-19-10-9-13-23(18-19)21(3)28(37)31-29-35-34-26(38-29)15-8-7-14-24-16-17-25(33-32-24)30-27(36)20(2)22-11-5-4-6-12-22/h4-6,9,11-13,16-21,27,36H,7-8,10,14-15H2,1-3H3,(H,30,33)(H,31,35,37). The van der Waals surface area contributed by atoms with E-state index >= 15 is 0 Å². The number of carbonyl (C=O) groups excluding carboxylic acids is 1. The molecule has 4 unspecified atom stereocenters. The summed E-state index contributed by atoms with van der Waals surface area (Å²) in [6.45, 7) is 6.05. The van der Waals surface area contributed by atoms with Crippen molar-refractivity contribution >= 4 is 28.2 Å². The molecule has 0 radical (unpaired) electrons. The predicted octanol–water partition coefficient (Wildman–Crippen LogP) is 5.52. The van der Waals surface area contributed by atoms with Gasteiger partial charge in [0.15, 0.2) is 5.82 Å². The van der Waals surface area contributed by atoms with Crippen molar-refractivity contribution in [3.63, 3.8) is 0 Å². The number of aromatic nitrogens is 4. The summed E-state index contributed by atoms with van der Waals surface area (Å²) in [4.78, 5) is 12.6. The number of benzene rings is 1. The van der Waals surface area contributed by atoms with E-state index in [4.69, 9.17) is 0 Å². The summed E-state index contributed by atoms with van der Waals surface area (Å²) in [5.41, 5.74) is 3.01. The summed E-state index contributed by atoms with van der Waals surface area (Å²) in [7, 11) is 0. The third-order valence-corrected chi connectivity index (χ3v) is 7.67. The van der Waals surface area contributed by atoms with Crippen LogP contribution in [0.15, 0.2) is 66.3 Å². The molecule has 38 heavy (non-hydrogen) atoms. The molecule has 2 aromatic heterocycles. The Balaban J connectivity index is 1.17. The predicted molar refractivity (Wildman–Crippen MR) is 152 cm³/mol. The Morgan fingerprint density at radius 3 is 2.58 bits per heavy atom. The van der Waals surface area contributed by atoms with Crippen molar-refractivity contribution in [3.8, 4) is 0 Å². The molecule has 200 valence electrons. The van der Waals surface area contributed by atoms with Gasteiger partial charge in [-0.1, -0.05) is 73.7 Å². The lowest BCUT2D eigenvalue weighted by Crippen LogP contribution is -2.26. The largest absolute Gasteiger partial charge is 0.373 e. The second-order valence-corrected chi connectivity index (χ2v) is 11.0. The Kier molecular flexibility index (Phi) is 9.73. The molecule has 3 aromatic rings. The average Bonchev–Trinajstić information content (AvgIpc) is 3.38. The Bertz CT molecular complexity index is 1240. The average molecular weight is 533 g/mol. The number of nitrogens with zero attached hydrogens (tertiary/aromatic N) is 4. The quantitative estimate of drug-likeness (QED) is 0.208. The SMILES string of the molecule is CC1C=C(C(C)C(=O)Nc2nnc(CCCCc3ccc(NC(O)C(C)c4ccccc4)nn3)s2)C=CC1. The van der Waals surface area contributed by atoms with Crippen LogP contribution in [0.3, 0.4) is 0 Å². The van der Waals surface area contributed by atoms with Crippen molar-refractivity contribution in [1.82, 2.24) is 20.4 Å². The van der Waals surface area contributed by atoms with E-state index in [1.54, 1.807) is 0 Å². The maximum atomic E-state index is 12.6. The molecule has 2 heterocycles. The minimum absolute atomic E-state index is 0.0590. The van der Waals surface area contributed by atoms with Gasteiger partial charge in [0, 0.05) is 12.3 Å². The van der Waals surface area contributed by atoms with Gasteiger partial charge in [-0.2, -0.15) is 5.10 Å². The summed E-state index contributed by atoms with van der Waals surface area (Å²) < 4.78 is 0. The first-order chi connectivity index (χ1) is 18.4. The fourth-order valence-corrected chi connectivity index (χ4v) is 5.08. The fraction of sp³-hybridized carbons (Fsp3) is 0.414. The number of amides is 1. The van der Waals surface area contributed by atoms with E-state index in [-0.39, 0.29) is 17.7 Å². The molecular formula is C29H36N6O2S. The normalized spacial score (nSPS) is 17.4. The van der Waals surface area contributed by atoms with Gasteiger partial charge in [0.25, 0.3) is 0 Å². The van der Waals surface area contributed by atoms with Crippen LogP contribution >= 0.6 is 11.3 Å². The van der Waals surface area contributed by atoms with Gasteiger partial charge in [0.05, 0.1) is 11.6 Å². The van der Waals surface area contributed by atoms with Gasteiger partial charge >= 0.3 is 0 Å². The van der Waals surface area contributed by atoms with Gasteiger partial charge in [-0.05, 0) is 61.8 Å². The van der Waals surface area contributed by atoms with E-state index in [2.05, 4.69) is 50.1 Å². The number of nitrogens with one attached hydrogen (secondary N) is 2. The van der Waals surface area contributed by atoms with Crippen molar-refractivity contribution in [2.75, 3.05) is 10.6 Å².